The summed E-state index contributed by atoms with van der Waals surface area (Å²) in [4.78, 5) is 20.6. The first-order chi connectivity index (χ1) is 13.2. The average Bonchev–Trinajstić information content (AvgIpc) is 2.68. The fourth-order valence-electron chi connectivity index (χ4n) is 2.94. The Hall–Kier alpha value is -2.62. The number of nitro benzene ring substituents is 2. The standard InChI is InChI=1S/C16H21N4O7P/c1-12-6-8-16(9-7-12,28(25,26-2)27-3)11-17-18-14-5-4-13(19(21)22)10-15(14)20(23)24/h4-6,10-11,18H,7-9H2,1-3H3. The summed E-state index contributed by atoms with van der Waals surface area (Å²) in [5.74, 6) is 0. The Labute approximate surface area is 161 Å². The minimum absolute atomic E-state index is 0.0331. The van der Waals surface area contributed by atoms with Crippen LogP contribution in [0.3, 0.4) is 0 Å². The second kappa shape index (κ2) is 8.59. The highest BCUT2D eigenvalue weighted by molar-refractivity contribution is 7.56. The van der Waals surface area contributed by atoms with E-state index >= 15 is 0 Å². The molecule has 0 aliphatic heterocycles. The van der Waals surface area contributed by atoms with Gasteiger partial charge in [0.05, 0.1) is 15.9 Å². The van der Waals surface area contributed by atoms with E-state index in [-0.39, 0.29) is 5.69 Å². The number of rotatable bonds is 8. The van der Waals surface area contributed by atoms with Crippen LogP contribution < -0.4 is 5.43 Å². The fourth-order valence-corrected chi connectivity index (χ4v) is 4.72. The molecule has 0 heterocycles. The van der Waals surface area contributed by atoms with E-state index in [9.17, 15) is 24.8 Å². The van der Waals surface area contributed by atoms with Crippen LogP contribution in [0.1, 0.15) is 26.2 Å². The molecule has 0 saturated carbocycles. The summed E-state index contributed by atoms with van der Waals surface area (Å²) < 4.78 is 23.4. The number of non-ortho nitro benzene ring substituents is 1. The van der Waals surface area contributed by atoms with E-state index in [1.807, 2.05) is 13.0 Å². The van der Waals surface area contributed by atoms with Crippen LogP contribution in [0.25, 0.3) is 0 Å². The van der Waals surface area contributed by atoms with Gasteiger partial charge in [-0.1, -0.05) is 11.6 Å². The van der Waals surface area contributed by atoms with Gasteiger partial charge in [-0.25, -0.2) is 0 Å². The molecule has 1 atom stereocenters. The van der Waals surface area contributed by atoms with Gasteiger partial charge in [0.15, 0.2) is 0 Å². The molecule has 1 aliphatic rings. The smallest absolute Gasteiger partial charge is 0.311 e. The number of anilines is 1. The summed E-state index contributed by atoms with van der Waals surface area (Å²) in [6.45, 7) is 1.96. The summed E-state index contributed by atoms with van der Waals surface area (Å²) in [5, 5.41) is 25.0. The molecule has 1 aromatic rings. The highest BCUT2D eigenvalue weighted by Gasteiger charge is 2.49. The second-order valence-electron chi connectivity index (χ2n) is 6.31. The van der Waals surface area contributed by atoms with Crippen LogP contribution in [0.2, 0.25) is 0 Å². The predicted octanol–water partition coefficient (Wildman–Crippen LogP) is 4.26. The second-order valence-corrected chi connectivity index (χ2v) is 8.92. The third-order valence-electron chi connectivity index (χ3n) is 4.66. The highest BCUT2D eigenvalue weighted by Crippen LogP contribution is 2.63. The first kappa shape index (κ1) is 21.7. The van der Waals surface area contributed by atoms with Crippen molar-refractivity contribution in [2.24, 2.45) is 5.10 Å². The number of benzene rings is 1. The van der Waals surface area contributed by atoms with Crippen molar-refractivity contribution in [2.75, 3.05) is 19.6 Å². The fraction of sp³-hybridized carbons (Fsp3) is 0.438. The van der Waals surface area contributed by atoms with Crippen LogP contribution in [0.15, 0.2) is 34.9 Å². The Morgan fingerprint density at radius 3 is 2.43 bits per heavy atom. The van der Waals surface area contributed by atoms with E-state index in [0.717, 1.165) is 17.7 Å². The summed E-state index contributed by atoms with van der Waals surface area (Å²) in [7, 11) is -0.962. The van der Waals surface area contributed by atoms with Crippen molar-refractivity contribution in [3.05, 3.63) is 50.1 Å². The summed E-state index contributed by atoms with van der Waals surface area (Å²) in [6, 6.07) is 3.16. The van der Waals surface area contributed by atoms with Crippen molar-refractivity contribution in [3.63, 3.8) is 0 Å². The Morgan fingerprint density at radius 1 is 1.25 bits per heavy atom. The lowest BCUT2D eigenvalue weighted by molar-refractivity contribution is -0.393. The van der Waals surface area contributed by atoms with Gasteiger partial charge in [-0.2, -0.15) is 5.10 Å². The normalized spacial score (nSPS) is 20.0. The first-order valence-corrected chi connectivity index (χ1v) is 9.82. The highest BCUT2D eigenvalue weighted by atomic mass is 31.2. The summed E-state index contributed by atoms with van der Waals surface area (Å²) in [6.07, 6.45) is 4.80. The SMILES string of the molecule is COP(=O)(OC)C1(C=NNc2ccc([N+](=O)[O-])cc2[N+](=O)[O-])CC=C(C)CC1. The molecule has 0 fully saturated rings. The van der Waals surface area contributed by atoms with Crippen molar-refractivity contribution < 1.29 is 23.5 Å². The largest absolute Gasteiger partial charge is 0.341 e. The lowest BCUT2D eigenvalue weighted by atomic mass is 9.90. The minimum Gasteiger partial charge on any atom is -0.311 e. The van der Waals surface area contributed by atoms with Crippen LogP contribution in [0.5, 0.6) is 0 Å². The molecule has 0 saturated heterocycles. The Kier molecular flexibility index (Phi) is 6.65. The van der Waals surface area contributed by atoms with Gasteiger partial charge < -0.3 is 9.05 Å². The van der Waals surface area contributed by atoms with Gasteiger partial charge in [0.25, 0.3) is 5.69 Å². The van der Waals surface area contributed by atoms with E-state index in [4.69, 9.17) is 9.05 Å². The Bertz CT molecular complexity index is 878. The molecular formula is C16H21N4O7P. The van der Waals surface area contributed by atoms with Gasteiger partial charge >= 0.3 is 13.3 Å². The zero-order chi connectivity index (χ0) is 20.9. The van der Waals surface area contributed by atoms with Gasteiger partial charge in [-0.05, 0) is 32.3 Å². The molecule has 0 aromatic heterocycles. The van der Waals surface area contributed by atoms with Gasteiger partial charge in [-0.3, -0.25) is 30.2 Å². The van der Waals surface area contributed by atoms with Crippen molar-refractivity contribution in [1.29, 1.82) is 0 Å². The number of nitrogens with zero attached hydrogens (tertiary/aromatic N) is 3. The van der Waals surface area contributed by atoms with E-state index in [2.05, 4.69) is 10.5 Å². The molecule has 0 bridgehead atoms. The Balaban J connectivity index is 2.36. The number of allylic oxidation sites excluding steroid dienone is 2. The topological polar surface area (TPSA) is 146 Å². The predicted molar refractivity (Wildman–Crippen MR) is 104 cm³/mol. The summed E-state index contributed by atoms with van der Waals surface area (Å²) >= 11 is 0. The van der Waals surface area contributed by atoms with Gasteiger partial charge in [0.1, 0.15) is 10.8 Å². The zero-order valence-corrected chi connectivity index (χ0v) is 16.5. The maximum Gasteiger partial charge on any atom is 0.341 e. The van der Waals surface area contributed by atoms with Crippen molar-refractivity contribution in [1.82, 2.24) is 0 Å². The molecular weight excluding hydrogens is 391 g/mol. The maximum absolute atomic E-state index is 13.1. The molecule has 1 unspecified atom stereocenters. The van der Waals surface area contributed by atoms with Crippen LogP contribution >= 0.6 is 7.60 Å². The molecule has 1 aromatic carbocycles. The molecule has 1 aliphatic carbocycles. The average molecular weight is 412 g/mol. The number of nitro groups is 2. The number of hydrogen-bond acceptors (Lipinski definition) is 9. The molecule has 28 heavy (non-hydrogen) atoms. The molecule has 12 heteroatoms. The number of hydrogen-bond donors (Lipinski definition) is 1. The van der Waals surface area contributed by atoms with E-state index in [1.54, 1.807) is 0 Å². The summed E-state index contributed by atoms with van der Waals surface area (Å²) in [5.41, 5.74) is 2.72. The van der Waals surface area contributed by atoms with Crippen molar-refractivity contribution >= 4 is 30.9 Å². The van der Waals surface area contributed by atoms with Gasteiger partial charge in [-0.15, -0.1) is 0 Å². The zero-order valence-electron chi connectivity index (χ0n) is 15.7. The Morgan fingerprint density at radius 2 is 1.93 bits per heavy atom. The van der Waals surface area contributed by atoms with E-state index < -0.39 is 34.0 Å². The minimum atomic E-state index is -3.54. The molecule has 11 nitrogen and oxygen atoms in total. The van der Waals surface area contributed by atoms with Gasteiger partial charge in [0.2, 0.25) is 0 Å². The van der Waals surface area contributed by atoms with Gasteiger partial charge in [0, 0.05) is 26.5 Å². The van der Waals surface area contributed by atoms with Crippen molar-refractivity contribution in [2.45, 2.75) is 31.3 Å². The van der Waals surface area contributed by atoms with Crippen LogP contribution in [0.4, 0.5) is 17.1 Å². The molecule has 1 N–H and O–H groups in total. The number of nitrogens with one attached hydrogen (secondary N) is 1. The monoisotopic (exact) mass is 412 g/mol. The number of hydrazone groups is 1. The third kappa shape index (κ3) is 4.27. The molecule has 152 valence electrons. The lowest BCUT2D eigenvalue weighted by Crippen LogP contribution is -2.34. The van der Waals surface area contributed by atoms with Crippen LogP contribution in [-0.2, 0) is 13.6 Å². The lowest BCUT2D eigenvalue weighted by Gasteiger charge is -2.36. The first-order valence-electron chi connectivity index (χ1n) is 8.28. The molecule has 2 rings (SSSR count). The molecule has 0 radical (unpaired) electrons. The third-order valence-corrected chi connectivity index (χ3v) is 7.23. The molecule has 0 spiro atoms. The van der Waals surface area contributed by atoms with E-state index in [1.165, 1.54) is 26.5 Å². The quantitative estimate of drug-likeness (QED) is 0.219. The molecule has 0 amide bonds. The van der Waals surface area contributed by atoms with E-state index in [0.29, 0.717) is 19.3 Å². The van der Waals surface area contributed by atoms with Crippen LogP contribution in [0, 0.1) is 20.2 Å². The van der Waals surface area contributed by atoms with Crippen LogP contribution in [-0.4, -0.2) is 35.4 Å². The van der Waals surface area contributed by atoms with Crippen molar-refractivity contribution in [3.8, 4) is 0 Å². The maximum atomic E-state index is 13.1.